The number of nitrogens with one attached hydrogen (secondary N) is 2. The Morgan fingerprint density at radius 2 is 1.73 bits per heavy atom. The molecule has 0 unspecified atom stereocenters. The number of rotatable bonds is 10. The fourth-order valence-electron chi connectivity index (χ4n) is 4.92. The Hall–Kier alpha value is -3.52. The summed E-state index contributed by atoms with van der Waals surface area (Å²) < 4.78 is 6.72. The Labute approximate surface area is 218 Å². The number of piperidine rings is 1. The van der Waals surface area contributed by atoms with E-state index < -0.39 is 0 Å². The average Bonchev–Trinajstić information content (AvgIpc) is 2.94. The van der Waals surface area contributed by atoms with Gasteiger partial charge in [-0.2, -0.15) is 0 Å². The largest absolute Gasteiger partial charge is 0.383 e. The monoisotopic (exact) mass is 497 g/mol. The number of hydrogen-bond acceptors (Lipinski definition) is 6. The summed E-state index contributed by atoms with van der Waals surface area (Å²) in [5.41, 5.74) is 3.22. The van der Waals surface area contributed by atoms with Crippen LogP contribution in [0.3, 0.4) is 0 Å². The van der Waals surface area contributed by atoms with Crippen molar-refractivity contribution in [2.45, 2.75) is 32.0 Å². The first kappa shape index (κ1) is 25.1. The van der Waals surface area contributed by atoms with E-state index in [0.29, 0.717) is 12.4 Å². The molecule has 37 heavy (non-hydrogen) atoms. The summed E-state index contributed by atoms with van der Waals surface area (Å²) >= 11 is 0. The van der Waals surface area contributed by atoms with Crippen LogP contribution in [0.2, 0.25) is 0 Å². The maximum absolute atomic E-state index is 13.2. The van der Waals surface area contributed by atoms with Crippen LogP contribution >= 0.6 is 0 Å². The molecule has 7 heteroatoms. The molecule has 2 N–H and O–H groups in total. The van der Waals surface area contributed by atoms with Gasteiger partial charge in [0.05, 0.1) is 6.61 Å². The van der Waals surface area contributed by atoms with Gasteiger partial charge in [0.1, 0.15) is 0 Å². The molecule has 1 saturated heterocycles. The van der Waals surface area contributed by atoms with E-state index in [1.165, 1.54) is 16.3 Å². The van der Waals surface area contributed by atoms with Gasteiger partial charge in [-0.3, -0.25) is 14.3 Å². The average molecular weight is 498 g/mol. The zero-order chi connectivity index (χ0) is 25.5. The van der Waals surface area contributed by atoms with Gasteiger partial charge in [0, 0.05) is 64.0 Å². The first-order valence-electron chi connectivity index (χ1n) is 13.0. The Morgan fingerprint density at radius 3 is 2.51 bits per heavy atom. The molecular formula is C30H35N5O2. The first-order chi connectivity index (χ1) is 18.2. The highest BCUT2D eigenvalue weighted by molar-refractivity contribution is 5.82. The maximum atomic E-state index is 13.2. The van der Waals surface area contributed by atoms with E-state index in [9.17, 15) is 4.79 Å². The predicted octanol–water partition coefficient (Wildman–Crippen LogP) is 4.20. The van der Waals surface area contributed by atoms with E-state index >= 15 is 0 Å². The van der Waals surface area contributed by atoms with Crippen molar-refractivity contribution in [3.63, 3.8) is 0 Å². The van der Waals surface area contributed by atoms with Gasteiger partial charge in [0.2, 0.25) is 0 Å². The molecule has 3 aromatic carbocycles. The van der Waals surface area contributed by atoms with Crippen LogP contribution in [0.5, 0.6) is 0 Å². The third-order valence-electron chi connectivity index (χ3n) is 7.02. The minimum Gasteiger partial charge on any atom is -0.383 e. The lowest BCUT2D eigenvalue weighted by Crippen LogP contribution is -2.40. The lowest BCUT2D eigenvalue weighted by Gasteiger charge is -2.32. The van der Waals surface area contributed by atoms with Gasteiger partial charge in [0.25, 0.3) is 5.56 Å². The first-order valence-corrected chi connectivity index (χ1v) is 13.0. The van der Waals surface area contributed by atoms with Crippen molar-refractivity contribution < 1.29 is 4.74 Å². The zero-order valence-corrected chi connectivity index (χ0v) is 21.4. The summed E-state index contributed by atoms with van der Waals surface area (Å²) in [4.78, 5) is 20.0. The predicted molar refractivity (Wildman–Crippen MR) is 149 cm³/mol. The number of ether oxygens (including phenoxy) is 1. The molecule has 7 nitrogen and oxygen atoms in total. The van der Waals surface area contributed by atoms with E-state index in [1.807, 2.05) is 24.3 Å². The van der Waals surface area contributed by atoms with Crippen LogP contribution in [0, 0.1) is 0 Å². The van der Waals surface area contributed by atoms with Gasteiger partial charge in [-0.25, -0.2) is 4.98 Å². The van der Waals surface area contributed by atoms with Crippen LogP contribution in [-0.4, -0.2) is 53.8 Å². The van der Waals surface area contributed by atoms with Crippen LogP contribution in [0.1, 0.15) is 24.0 Å². The number of methoxy groups -OCH3 is 1. The van der Waals surface area contributed by atoms with Gasteiger partial charge >= 0.3 is 0 Å². The minimum absolute atomic E-state index is 0.118. The summed E-state index contributed by atoms with van der Waals surface area (Å²) in [6.07, 6.45) is 5.38. The Bertz CT molecular complexity index is 1360. The molecule has 0 spiro atoms. The zero-order valence-electron chi connectivity index (χ0n) is 21.4. The highest BCUT2D eigenvalue weighted by atomic mass is 16.5. The van der Waals surface area contributed by atoms with E-state index in [-0.39, 0.29) is 11.6 Å². The van der Waals surface area contributed by atoms with Crippen molar-refractivity contribution in [2.24, 2.45) is 0 Å². The topological polar surface area (TPSA) is 71.4 Å². The normalized spacial score (nSPS) is 14.7. The Balaban J connectivity index is 1.16. The van der Waals surface area contributed by atoms with Crippen molar-refractivity contribution in [2.75, 3.05) is 38.7 Å². The molecule has 5 rings (SSSR count). The van der Waals surface area contributed by atoms with E-state index in [1.54, 1.807) is 24.1 Å². The second-order valence-corrected chi connectivity index (χ2v) is 9.66. The van der Waals surface area contributed by atoms with E-state index in [4.69, 9.17) is 4.74 Å². The third kappa shape index (κ3) is 6.43. The number of anilines is 1. The second kappa shape index (κ2) is 12.1. The fraction of sp³-hybridized carbons (Fsp3) is 0.333. The minimum atomic E-state index is -0.118. The lowest BCUT2D eigenvalue weighted by molar-refractivity contribution is 0.199. The summed E-state index contributed by atoms with van der Waals surface area (Å²) in [5.74, 6) is 0.417. The van der Waals surface area contributed by atoms with Crippen LogP contribution in [0.4, 0.5) is 5.82 Å². The second-order valence-electron chi connectivity index (χ2n) is 9.66. The molecule has 0 saturated carbocycles. The van der Waals surface area contributed by atoms with Crippen molar-refractivity contribution in [3.8, 4) is 5.69 Å². The fourth-order valence-corrected chi connectivity index (χ4v) is 4.92. The van der Waals surface area contributed by atoms with Crippen molar-refractivity contribution in [1.82, 2.24) is 19.8 Å². The number of hydrogen-bond donors (Lipinski definition) is 2. The van der Waals surface area contributed by atoms with Crippen LogP contribution < -0.4 is 16.2 Å². The summed E-state index contributed by atoms with van der Waals surface area (Å²) in [6, 6.07) is 23.5. The molecule has 1 aliphatic rings. The maximum Gasteiger partial charge on any atom is 0.297 e. The molecule has 4 aromatic rings. The van der Waals surface area contributed by atoms with Crippen molar-refractivity contribution >= 4 is 16.6 Å². The van der Waals surface area contributed by atoms with Crippen molar-refractivity contribution in [3.05, 3.63) is 101 Å². The standard InChI is InChI=1S/C30H35N5O2/c1-37-19-15-31-21-23-7-10-28(11-8-23)35-18-14-32-29(30(35)36)33-27-12-16-34(17-13-27)22-24-6-9-25-4-2-3-5-26(25)20-24/h2-11,14,18,20,27,31H,12-13,15-17,19,21-22H2,1H3,(H,32,33). The third-order valence-corrected chi connectivity index (χ3v) is 7.02. The number of likely N-dealkylation sites (tertiary alicyclic amines) is 1. The lowest BCUT2D eigenvalue weighted by atomic mass is 10.0. The highest BCUT2D eigenvalue weighted by Crippen LogP contribution is 2.20. The molecule has 0 amide bonds. The van der Waals surface area contributed by atoms with Gasteiger partial charge in [-0.15, -0.1) is 0 Å². The van der Waals surface area contributed by atoms with Crippen LogP contribution in [0.15, 0.2) is 83.9 Å². The molecule has 0 atom stereocenters. The molecule has 0 bridgehead atoms. The number of aromatic nitrogens is 2. The Morgan fingerprint density at radius 1 is 0.973 bits per heavy atom. The molecule has 0 radical (unpaired) electrons. The number of fused-ring (bicyclic) bond motifs is 1. The highest BCUT2D eigenvalue weighted by Gasteiger charge is 2.21. The molecule has 1 aliphatic heterocycles. The van der Waals surface area contributed by atoms with Gasteiger partial charge in [-0.05, 0) is 52.9 Å². The van der Waals surface area contributed by atoms with Crippen LogP contribution in [0.25, 0.3) is 16.5 Å². The molecule has 1 fully saturated rings. The molecule has 1 aromatic heterocycles. The summed E-state index contributed by atoms with van der Waals surface area (Å²) in [7, 11) is 1.70. The SMILES string of the molecule is COCCNCc1ccc(-n2ccnc(NC3CCN(Cc4ccc5ccccc5c4)CC3)c2=O)cc1. The van der Waals surface area contributed by atoms with Gasteiger partial charge < -0.3 is 15.4 Å². The molecule has 0 aliphatic carbocycles. The van der Waals surface area contributed by atoms with Crippen LogP contribution in [-0.2, 0) is 17.8 Å². The van der Waals surface area contributed by atoms with E-state index in [0.717, 1.165) is 56.8 Å². The summed E-state index contributed by atoms with van der Waals surface area (Å²) in [5, 5.41) is 9.33. The number of nitrogens with zero attached hydrogens (tertiary/aromatic N) is 3. The Kier molecular flexibility index (Phi) is 8.25. The van der Waals surface area contributed by atoms with Gasteiger partial charge in [0.15, 0.2) is 5.82 Å². The van der Waals surface area contributed by atoms with E-state index in [2.05, 4.69) is 63.0 Å². The quantitative estimate of drug-likeness (QED) is 0.320. The molecule has 192 valence electrons. The molecular weight excluding hydrogens is 462 g/mol. The number of benzene rings is 3. The van der Waals surface area contributed by atoms with Gasteiger partial charge in [-0.1, -0.05) is 48.5 Å². The smallest absolute Gasteiger partial charge is 0.297 e. The van der Waals surface area contributed by atoms with Crippen molar-refractivity contribution in [1.29, 1.82) is 0 Å². The molecule has 2 heterocycles. The summed E-state index contributed by atoms with van der Waals surface area (Å²) in [6.45, 7) is 5.19.